The van der Waals surface area contributed by atoms with Gasteiger partial charge in [-0.25, -0.2) is 0 Å². The van der Waals surface area contributed by atoms with Crippen LogP contribution in [0.2, 0.25) is 0 Å². The summed E-state index contributed by atoms with van der Waals surface area (Å²) in [4.78, 5) is 0. The quantitative estimate of drug-likeness (QED) is 0.813. The van der Waals surface area contributed by atoms with Gasteiger partial charge in [0, 0.05) is 0 Å². The Morgan fingerprint density at radius 3 is 2.29 bits per heavy atom. The molecule has 0 fully saturated rings. The smallest absolute Gasteiger partial charge is 0.0795 e. The zero-order valence-electron chi connectivity index (χ0n) is 11.8. The molecule has 0 aliphatic carbocycles. The lowest BCUT2D eigenvalue weighted by Gasteiger charge is -2.25. The summed E-state index contributed by atoms with van der Waals surface area (Å²) >= 11 is 0. The van der Waals surface area contributed by atoms with Crippen LogP contribution in [0.4, 0.5) is 0 Å². The van der Waals surface area contributed by atoms with Gasteiger partial charge in [0.1, 0.15) is 0 Å². The lowest BCUT2D eigenvalue weighted by molar-refractivity contribution is 0.133. The third-order valence-electron chi connectivity index (χ3n) is 3.13. The van der Waals surface area contributed by atoms with Crippen LogP contribution in [0, 0.1) is 18.3 Å². The molecule has 0 heterocycles. The molecule has 1 aromatic rings. The average molecular weight is 234 g/mol. The van der Waals surface area contributed by atoms with Gasteiger partial charge in [0.15, 0.2) is 0 Å². The fraction of sp³-hybridized carbons (Fsp3) is 0.625. The van der Waals surface area contributed by atoms with Crippen molar-refractivity contribution in [1.29, 1.82) is 0 Å². The molecule has 0 radical (unpaired) electrons. The van der Waals surface area contributed by atoms with Crippen molar-refractivity contribution in [1.82, 2.24) is 0 Å². The van der Waals surface area contributed by atoms with Crippen LogP contribution in [0.25, 0.3) is 0 Å². The van der Waals surface area contributed by atoms with E-state index in [1.165, 1.54) is 5.56 Å². The Balaban J connectivity index is 2.61. The van der Waals surface area contributed by atoms with E-state index in [9.17, 15) is 5.11 Å². The molecule has 0 bridgehead atoms. The Bertz CT molecular complexity index is 349. The molecule has 2 unspecified atom stereocenters. The van der Waals surface area contributed by atoms with Crippen molar-refractivity contribution in [3.05, 3.63) is 35.4 Å². The van der Waals surface area contributed by atoms with Crippen LogP contribution in [0.15, 0.2) is 24.3 Å². The number of benzene rings is 1. The maximum atomic E-state index is 10.3. The van der Waals surface area contributed by atoms with E-state index in [2.05, 4.69) is 40.7 Å². The lowest BCUT2D eigenvalue weighted by atomic mass is 9.82. The summed E-state index contributed by atoms with van der Waals surface area (Å²) in [5.41, 5.74) is 2.60. The predicted molar refractivity (Wildman–Crippen MR) is 74.0 cm³/mol. The average Bonchev–Trinajstić information content (AvgIpc) is 2.14. The van der Waals surface area contributed by atoms with Crippen molar-refractivity contribution >= 4 is 0 Å². The Morgan fingerprint density at radius 2 is 1.76 bits per heavy atom. The highest BCUT2D eigenvalue weighted by atomic mass is 16.3. The Kier molecular flexibility index (Phi) is 4.76. The molecule has 0 aliphatic rings. The zero-order valence-corrected chi connectivity index (χ0v) is 11.8. The summed E-state index contributed by atoms with van der Waals surface area (Å²) < 4.78 is 0. The SMILES string of the molecule is Cc1ccccc1C(O)CC(C)CC(C)(C)C. The normalized spacial score (nSPS) is 15.6. The fourth-order valence-corrected chi connectivity index (χ4v) is 2.60. The number of hydrogen-bond donors (Lipinski definition) is 1. The molecule has 0 amide bonds. The van der Waals surface area contributed by atoms with Crippen molar-refractivity contribution in [2.75, 3.05) is 0 Å². The van der Waals surface area contributed by atoms with Crippen LogP contribution in [0.1, 0.15) is 57.8 Å². The zero-order chi connectivity index (χ0) is 13.1. The predicted octanol–water partition coefficient (Wildman–Crippen LogP) is 4.49. The van der Waals surface area contributed by atoms with Gasteiger partial charge in [0.25, 0.3) is 0 Å². The fourth-order valence-electron chi connectivity index (χ4n) is 2.60. The molecular formula is C16H26O. The molecule has 0 saturated heterocycles. The van der Waals surface area contributed by atoms with Crippen molar-refractivity contribution < 1.29 is 5.11 Å². The second-order valence-corrected chi connectivity index (χ2v) is 6.48. The number of hydrogen-bond acceptors (Lipinski definition) is 1. The van der Waals surface area contributed by atoms with Crippen molar-refractivity contribution in [3.8, 4) is 0 Å². The Labute approximate surface area is 106 Å². The lowest BCUT2D eigenvalue weighted by Crippen LogP contribution is -2.14. The number of aryl methyl sites for hydroxylation is 1. The van der Waals surface area contributed by atoms with E-state index in [1.54, 1.807) is 0 Å². The minimum atomic E-state index is -0.325. The van der Waals surface area contributed by atoms with Crippen molar-refractivity contribution in [2.24, 2.45) is 11.3 Å². The van der Waals surface area contributed by atoms with Crippen molar-refractivity contribution in [3.63, 3.8) is 0 Å². The van der Waals surface area contributed by atoms with Crippen LogP contribution < -0.4 is 0 Å². The molecular weight excluding hydrogens is 208 g/mol. The summed E-state index contributed by atoms with van der Waals surface area (Å²) in [6, 6.07) is 8.11. The highest BCUT2D eigenvalue weighted by Gasteiger charge is 2.19. The first-order chi connectivity index (χ1) is 7.79. The van der Waals surface area contributed by atoms with Crippen LogP contribution >= 0.6 is 0 Å². The largest absolute Gasteiger partial charge is 0.388 e. The summed E-state index contributed by atoms with van der Waals surface area (Å²) in [7, 11) is 0. The van der Waals surface area contributed by atoms with Gasteiger partial charge in [-0.15, -0.1) is 0 Å². The monoisotopic (exact) mass is 234 g/mol. The second kappa shape index (κ2) is 5.68. The first kappa shape index (κ1) is 14.2. The molecule has 0 aromatic heterocycles. The second-order valence-electron chi connectivity index (χ2n) is 6.48. The van der Waals surface area contributed by atoms with Gasteiger partial charge in [0.2, 0.25) is 0 Å². The van der Waals surface area contributed by atoms with Crippen LogP contribution in [-0.4, -0.2) is 5.11 Å². The molecule has 0 spiro atoms. The van der Waals surface area contributed by atoms with E-state index in [-0.39, 0.29) is 6.10 Å². The van der Waals surface area contributed by atoms with E-state index >= 15 is 0 Å². The van der Waals surface area contributed by atoms with E-state index in [0.29, 0.717) is 11.3 Å². The summed E-state index contributed by atoms with van der Waals surface area (Å²) in [6.45, 7) is 11.1. The highest BCUT2D eigenvalue weighted by molar-refractivity contribution is 5.27. The van der Waals surface area contributed by atoms with Crippen LogP contribution in [-0.2, 0) is 0 Å². The molecule has 96 valence electrons. The molecule has 2 atom stereocenters. The van der Waals surface area contributed by atoms with E-state index in [4.69, 9.17) is 0 Å². The summed E-state index contributed by atoms with van der Waals surface area (Å²) in [5, 5.41) is 10.3. The molecule has 0 saturated carbocycles. The molecule has 1 rings (SSSR count). The third-order valence-corrected chi connectivity index (χ3v) is 3.13. The van der Waals surface area contributed by atoms with Gasteiger partial charge in [-0.05, 0) is 42.2 Å². The Hall–Kier alpha value is -0.820. The first-order valence-electron chi connectivity index (χ1n) is 6.53. The number of aliphatic hydroxyl groups is 1. The van der Waals surface area contributed by atoms with E-state index in [0.717, 1.165) is 18.4 Å². The summed E-state index contributed by atoms with van der Waals surface area (Å²) in [5.74, 6) is 0.546. The van der Waals surface area contributed by atoms with Crippen LogP contribution in [0.3, 0.4) is 0 Å². The molecule has 1 N–H and O–H groups in total. The first-order valence-corrected chi connectivity index (χ1v) is 6.53. The topological polar surface area (TPSA) is 20.2 Å². The number of aliphatic hydroxyl groups excluding tert-OH is 1. The van der Waals surface area contributed by atoms with Crippen molar-refractivity contribution in [2.45, 2.75) is 53.6 Å². The molecule has 1 aromatic carbocycles. The van der Waals surface area contributed by atoms with Gasteiger partial charge in [-0.1, -0.05) is 52.0 Å². The number of rotatable bonds is 4. The molecule has 1 nitrogen and oxygen atoms in total. The standard InChI is InChI=1S/C16H26O/c1-12(11-16(3,4)5)10-15(17)14-9-7-6-8-13(14)2/h6-9,12,15,17H,10-11H2,1-5H3. The van der Waals surface area contributed by atoms with Gasteiger partial charge in [-0.2, -0.15) is 0 Å². The minimum Gasteiger partial charge on any atom is -0.388 e. The van der Waals surface area contributed by atoms with Crippen LogP contribution in [0.5, 0.6) is 0 Å². The Morgan fingerprint density at radius 1 is 1.18 bits per heavy atom. The maximum absolute atomic E-state index is 10.3. The molecule has 17 heavy (non-hydrogen) atoms. The highest BCUT2D eigenvalue weighted by Crippen LogP contribution is 2.31. The summed E-state index contributed by atoms with van der Waals surface area (Å²) in [6.07, 6.45) is 1.67. The van der Waals surface area contributed by atoms with E-state index < -0.39 is 0 Å². The van der Waals surface area contributed by atoms with E-state index in [1.807, 2.05) is 18.2 Å². The van der Waals surface area contributed by atoms with Gasteiger partial charge >= 0.3 is 0 Å². The van der Waals surface area contributed by atoms with Gasteiger partial charge in [-0.3, -0.25) is 0 Å². The third kappa shape index (κ3) is 4.91. The minimum absolute atomic E-state index is 0.325. The molecule has 1 heteroatoms. The van der Waals surface area contributed by atoms with Gasteiger partial charge < -0.3 is 5.11 Å². The molecule has 0 aliphatic heterocycles. The maximum Gasteiger partial charge on any atom is 0.0795 e. The van der Waals surface area contributed by atoms with Gasteiger partial charge in [0.05, 0.1) is 6.10 Å².